The second kappa shape index (κ2) is 9.63. The average Bonchev–Trinajstić information content (AvgIpc) is 2.80. The summed E-state index contributed by atoms with van der Waals surface area (Å²) in [7, 11) is 0. The topological polar surface area (TPSA) is 59.1 Å². The summed E-state index contributed by atoms with van der Waals surface area (Å²) in [4.78, 5) is 30.5. The van der Waals surface area contributed by atoms with E-state index in [-0.39, 0.29) is 17.7 Å². The van der Waals surface area contributed by atoms with Crippen LogP contribution in [0.15, 0.2) is 42.5 Å². The minimum atomic E-state index is -0.493. The van der Waals surface area contributed by atoms with E-state index in [1.54, 1.807) is 4.90 Å². The van der Waals surface area contributed by atoms with Gasteiger partial charge in [0.25, 0.3) is 0 Å². The van der Waals surface area contributed by atoms with E-state index in [1.807, 2.05) is 56.0 Å². The minimum absolute atomic E-state index is 0.0200. The van der Waals surface area contributed by atoms with E-state index < -0.39 is 6.04 Å². The zero-order chi connectivity index (χ0) is 22.7. The molecule has 2 aliphatic heterocycles. The van der Waals surface area contributed by atoms with E-state index in [1.165, 1.54) is 0 Å². The summed E-state index contributed by atoms with van der Waals surface area (Å²) in [6.07, 6.45) is 0.983. The Morgan fingerprint density at radius 1 is 1.06 bits per heavy atom. The second-order valence-electron chi connectivity index (χ2n) is 8.90. The van der Waals surface area contributed by atoms with E-state index in [2.05, 4.69) is 12.1 Å². The molecule has 32 heavy (non-hydrogen) atoms. The Labute approximate surface area is 190 Å². The molecule has 2 heterocycles. The van der Waals surface area contributed by atoms with Gasteiger partial charge in [0.05, 0.1) is 0 Å². The molecule has 0 spiro atoms. The van der Waals surface area contributed by atoms with Crippen molar-refractivity contribution in [2.75, 3.05) is 19.8 Å². The molecule has 0 bridgehead atoms. The monoisotopic (exact) mass is 436 g/mol. The van der Waals surface area contributed by atoms with E-state index in [9.17, 15) is 9.59 Å². The van der Waals surface area contributed by atoms with Gasteiger partial charge in [-0.05, 0) is 30.0 Å². The van der Waals surface area contributed by atoms with E-state index in [4.69, 9.17) is 9.47 Å². The van der Waals surface area contributed by atoms with Crippen LogP contribution in [0.2, 0.25) is 0 Å². The second-order valence-corrected chi connectivity index (χ2v) is 8.90. The van der Waals surface area contributed by atoms with Crippen molar-refractivity contribution in [3.05, 3.63) is 59.2 Å². The van der Waals surface area contributed by atoms with Crippen molar-refractivity contribution in [2.24, 2.45) is 5.92 Å². The third kappa shape index (κ3) is 4.59. The van der Waals surface area contributed by atoms with Gasteiger partial charge in [0, 0.05) is 38.0 Å². The normalized spacial score (nSPS) is 17.1. The molecule has 0 saturated carbocycles. The number of amides is 2. The van der Waals surface area contributed by atoms with Crippen LogP contribution in [0.1, 0.15) is 43.9 Å². The van der Waals surface area contributed by atoms with Gasteiger partial charge in [-0.15, -0.1) is 0 Å². The van der Waals surface area contributed by atoms with Crippen molar-refractivity contribution in [1.29, 1.82) is 0 Å². The molecule has 0 N–H and O–H groups in total. The Balaban J connectivity index is 1.60. The number of benzene rings is 2. The van der Waals surface area contributed by atoms with Crippen LogP contribution in [0.3, 0.4) is 0 Å². The van der Waals surface area contributed by atoms with Gasteiger partial charge in [-0.3, -0.25) is 9.59 Å². The lowest BCUT2D eigenvalue weighted by Gasteiger charge is -2.39. The van der Waals surface area contributed by atoms with E-state index in [0.717, 1.165) is 22.4 Å². The number of nitrogens with zero attached hydrogens (tertiary/aromatic N) is 2. The van der Waals surface area contributed by atoms with Gasteiger partial charge < -0.3 is 19.3 Å². The van der Waals surface area contributed by atoms with Gasteiger partial charge >= 0.3 is 0 Å². The van der Waals surface area contributed by atoms with Gasteiger partial charge in [0.1, 0.15) is 19.3 Å². The van der Waals surface area contributed by atoms with Crippen molar-refractivity contribution in [2.45, 2.75) is 52.7 Å². The lowest BCUT2D eigenvalue weighted by atomic mass is 9.92. The highest BCUT2D eigenvalue weighted by molar-refractivity contribution is 5.88. The number of rotatable bonds is 6. The highest BCUT2D eigenvalue weighted by Crippen LogP contribution is 2.35. The van der Waals surface area contributed by atoms with Crippen LogP contribution in [0.25, 0.3) is 0 Å². The number of carbonyl (C=O) groups excluding carboxylic acids is 2. The zero-order valence-electron chi connectivity index (χ0n) is 19.2. The molecule has 170 valence electrons. The van der Waals surface area contributed by atoms with Gasteiger partial charge in [-0.2, -0.15) is 0 Å². The summed E-state index contributed by atoms with van der Waals surface area (Å²) in [5.74, 6) is 1.70. The fourth-order valence-electron chi connectivity index (χ4n) is 4.49. The molecule has 2 aromatic rings. The molecular formula is C26H32N2O4. The highest BCUT2D eigenvalue weighted by Gasteiger charge is 2.36. The summed E-state index contributed by atoms with van der Waals surface area (Å²) in [6.45, 7) is 8.52. The zero-order valence-corrected chi connectivity index (χ0v) is 19.2. The fraction of sp³-hybridized carbons (Fsp3) is 0.462. The number of ether oxygens (including phenoxy) is 2. The quantitative estimate of drug-likeness (QED) is 0.691. The highest BCUT2D eigenvalue weighted by atomic mass is 16.6. The van der Waals surface area contributed by atoms with E-state index in [0.29, 0.717) is 51.4 Å². The largest absolute Gasteiger partial charge is 0.486 e. The maximum Gasteiger partial charge on any atom is 0.246 e. The number of likely N-dealkylation sites (N-methyl/N-ethyl adjacent to an activating group) is 1. The summed E-state index contributed by atoms with van der Waals surface area (Å²) >= 11 is 0. The minimum Gasteiger partial charge on any atom is -0.486 e. The first-order valence-electron chi connectivity index (χ1n) is 11.5. The molecule has 2 aromatic carbocycles. The number of fused-ring (bicyclic) bond motifs is 2. The maximum absolute atomic E-state index is 13.8. The summed E-state index contributed by atoms with van der Waals surface area (Å²) < 4.78 is 11.5. The van der Waals surface area contributed by atoms with Crippen LogP contribution < -0.4 is 9.47 Å². The lowest BCUT2D eigenvalue weighted by molar-refractivity contribution is -0.147. The molecule has 1 atom stereocenters. The third-order valence-corrected chi connectivity index (χ3v) is 6.14. The van der Waals surface area contributed by atoms with Crippen molar-refractivity contribution in [1.82, 2.24) is 9.80 Å². The molecule has 0 aliphatic carbocycles. The Hall–Kier alpha value is -3.02. The molecule has 0 aromatic heterocycles. The van der Waals surface area contributed by atoms with Gasteiger partial charge in [-0.25, -0.2) is 0 Å². The molecule has 0 radical (unpaired) electrons. The Bertz CT molecular complexity index is 988. The predicted octanol–water partition coefficient (Wildman–Crippen LogP) is 3.81. The van der Waals surface area contributed by atoms with Gasteiger partial charge in [0.2, 0.25) is 11.8 Å². The Morgan fingerprint density at radius 2 is 1.81 bits per heavy atom. The standard InChI is InChI=1S/C26H32N2O4/c1-4-27(16-21-10-7-11-23-25(21)32-13-12-31-23)26(30)22-15-19-8-5-6-9-20(19)17-28(22)24(29)14-18(2)3/h5-11,18,22H,4,12-17H2,1-3H3. The van der Waals surface area contributed by atoms with Crippen LogP contribution in [0, 0.1) is 5.92 Å². The van der Waals surface area contributed by atoms with Gasteiger partial charge in [-0.1, -0.05) is 50.2 Å². The fourth-order valence-corrected chi connectivity index (χ4v) is 4.49. The predicted molar refractivity (Wildman–Crippen MR) is 122 cm³/mol. The van der Waals surface area contributed by atoms with Crippen molar-refractivity contribution in [3.63, 3.8) is 0 Å². The first-order chi connectivity index (χ1) is 15.5. The first-order valence-corrected chi connectivity index (χ1v) is 11.5. The molecule has 2 amide bonds. The van der Waals surface area contributed by atoms with E-state index >= 15 is 0 Å². The van der Waals surface area contributed by atoms with Crippen LogP contribution in [0.5, 0.6) is 11.5 Å². The average molecular weight is 437 g/mol. The molecule has 0 saturated heterocycles. The number of hydrogen-bond acceptors (Lipinski definition) is 4. The molecule has 4 rings (SSSR count). The summed E-state index contributed by atoms with van der Waals surface area (Å²) in [5, 5.41) is 0. The SMILES string of the molecule is CCN(Cc1cccc2c1OCCO2)C(=O)C1Cc2ccccc2CN1C(=O)CC(C)C. The Kier molecular flexibility index (Phi) is 6.68. The smallest absolute Gasteiger partial charge is 0.246 e. The van der Waals surface area contributed by atoms with Crippen LogP contribution in [-0.4, -0.2) is 47.4 Å². The molecule has 1 unspecified atom stereocenters. The maximum atomic E-state index is 13.8. The molecule has 2 aliphatic rings. The molecule has 0 fully saturated rings. The lowest BCUT2D eigenvalue weighted by Crippen LogP contribution is -2.53. The van der Waals surface area contributed by atoms with Crippen LogP contribution in [-0.2, 0) is 29.1 Å². The van der Waals surface area contributed by atoms with Crippen molar-refractivity contribution >= 4 is 11.8 Å². The number of hydrogen-bond donors (Lipinski definition) is 0. The molecule has 6 heteroatoms. The van der Waals surface area contributed by atoms with Crippen LogP contribution in [0.4, 0.5) is 0 Å². The number of para-hydroxylation sites is 1. The van der Waals surface area contributed by atoms with Gasteiger partial charge in [0.15, 0.2) is 11.5 Å². The third-order valence-electron chi connectivity index (χ3n) is 6.14. The molecule has 6 nitrogen and oxygen atoms in total. The van der Waals surface area contributed by atoms with Crippen molar-refractivity contribution < 1.29 is 19.1 Å². The summed E-state index contributed by atoms with van der Waals surface area (Å²) in [5.41, 5.74) is 3.19. The number of carbonyl (C=O) groups is 2. The van der Waals surface area contributed by atoms with Crippen LogP contribution >= 0.6 is 0 Å². The Morgan fingerprint density at radius 3 is 2.56 bits per heavy atom. The summed E-state index contributed by atoms with van der Waals surface area (Å²) in [6, 6.07) is 13.4. The first kappa shape index (κ1) is 22.2. The molecular weight excluding hydrogens is 404 g/mol. The van der Waals surface area contributed by atoms with Crippen molar-refractivity contribution in [3.8, 4) is 11.5 Å².